The standard InChI is InChI=1S/C20H33N/c1-14-10-17(20(3,4)5)11-15(2)19(14)13-18(21)12-16-8-6-7-9-16/h10-11,16,18H,6-9,12-13,21H2,1-5H3. The van der Waals surface area contributed by atoms with Crippen molar-refractivity contribution in [2.24, 2.45) is 11.7 Å². The van der Waals surface area contributed by atoms with E-state index >= 15 is 0 Å². The Labute approximate surface area is 131 Å². The summed E-state index contributed by atoms with van der Waals surface area (Å²) in [5.41, 5.74) is 12.4. The van der Waals surface area contributed by atoms with Crippen molar-refractivity contribution >= 4 is 0 Å². The molecule has 1 nitrogen and oxygen atoms in total. The van der Waals surface area contributed by atoms with E-state index in [0.29, 0.717) is 6.04 Å². The molecule has 0 amide bonds. The zero-order chi connectivity index (χ0) is 15.6. The summed E-state index contributed by atoms with van der Waals surface area (Å²) >= 11 is 0. The predicted octanol–water partition coefficient (Wildman–Crippen LogP) is 5.05. The highest BCUT2D eigenvalue weighted by Gasteiger charge is 2.20. The maximum absolute atomic E-state index is 6.45. The summed E-state index contributed by atoms with van der Waals surface area (Å²) in [5, 5.41) is 0. The second-order valence-electron chi connectivity index (χ2n) is 8.19. The Morgan fingerprint density at radius 3 is 2.10 bits per heavy atom. The van der Waals surface area contributed by atoms with E-state index in [9.17, 15) is 0 Å². The first kappa shape index (κ1) is 16.5. The van der Waals surface area contributed by atoms with Gasteiger partial charge in [0, 0.05) is 6.04 Å². The number of nitrogens with two attached hydrogens (primary N) is 1. The SMILES string of the molecule is Cc1cc(C(C)(C)C)cc(C)c1CC(N)CC1CCCC1. The van der Waals surface area contributed by atoms with Gasteiger partial charge < -0.3 is 5.73 Å². The molecule has 1 aromatic rings. The van der Waals surface area contributed by atoms with Crippen molar-refractivity contribution in [1.82, 2.24) is 0 Å². The summed E-state index contributed by atoms with van der Waals surface area (Å²) in [6.07, 6.45) is 7.87. The number of hydrogen-bond donors (Lipinski definition) is 1. The number of rotatable bonds is 4. The average molecular weight is 287 g/mol. The van der Waals surface area contributed by atoms with Gasteiger partial charge in [0.15, 0.2) is 0 Å². The third kappa shape index (κ3) is 4.32. The van der Waals surface area contributed by atoms with Crippen LogP contribution in [0.25, 0.3) is 0 Å². The fourth-order valence-electron chi connectivity index (χ4n) is 3.77. The first-order valence-electron chi connectivity index (χ1n) is 8.63. The Hall–Kier alpha value is -0.820. The van der Waals surface area contributed by atoms with E-state index < -0.39 is 0 Å². The molecule has 1 heteroatoms. The predicted molar refractivity (Wildman–Crippen MR) is 92.9 cm³/mol. The smallest absolute Gasteiger partial charge is 0.00821 e. The summed E-state index contributed by atoms with van der Waals surface area (Å²) in [7, 11) is 0. The summed E-state index contributed by atoms with van der Waals surface area (Å²) in [5.74, 6) is 0.884. The normalized spacial score (nSPS) is 18.2. The van der Waals surface area contributed by atoms with Crippen LogP contribution in [0.5, 0.6) is 0 Å². The molecule has 21 heavy (non-hydrogen) atoms. The van der Waals surface area contributed by atoms with Crippen molar-refractivity contribution in [3.8, 4) is 0 Å². The van der Waals surface area contributed by atoms with Gasteiger partial charge in [-0.1, -0.05) is 58.6 Å². The first-order valence-corrected chi connectivity index (χ1v) is 8.63. The first-order chi connectivity index (χ1) is 9.77. The maximum Gasteiger partial charge on any atom is 0.00821 e. The third-order valence-corrected chi connectivity index (χ3v) is 5.14. The molecule has 0 saturated heterocycles. The fourth-order valence-corrected chi connectivity index (χ4v) is 3.77. The van der Waals surface area contributed by atoms with Gasteiger partial charge in [-0.2, -0.15) is 0 Å². The minimum Gasteiger partial charge on any atom is -0.327 e. The van der Waals surface area contributed by atoms with Crippen molar-refractivity contribution in [2.45, 2.75) is 84.6 Å². The van der Waals surface area contributed by atoms with Crippen LogP contribution >= 0.6 is 0 Å². The van der Waals surface area contributed by atoms with E-state index in [0.717, 1.165) is 12.3 Å². The highest BCUT2D eigenvalue weighted by molar-refractivity contribution is 5.40. The van der Waals surface area contributed by atoms with Crippen molar-refractivity contribution in [2.75, 3.05) is 0 Å². The molecule has 118 valence electrons. The van der Waals surface area contributed by atoms with Crippen LogP contribution in [0.2, 0.25) is 0 Å². The molecular formula is C20H33N. The van der Waals surface area contributed by atoms with Crippen molar-refractivity contribution in [3.63, 3.8) is 0 Å². The van der Waals surface area contributed by atoms with Gasteiger partial charge in [0.1, 0.15) is 0 Å². The topological polar surface area (TPSA) is 26.0 Å². The van der Waals surface area contributed by atoms with Gasteiger partial charge in [0.05, 0.1) is 0 Å². The Kier molecular flexibility index (Phi) is 5.14. The lowest BCUT2D eigenvalue weighted by molar-refractivity contribution is 0.440. The van der Waals surface area contributed by atoms with Gasteiger partial charge in [-0.05, 0) is 60.3 Å². The summed E-state index contributed by atoms with van der Waals surface area (Å²) in [6.45, 7) is 11.4. The molecule has 1 aliphatic carbocycles. The van der Waals surface area contributed by atoms with Crippen LogP contribution in [0, 0.1) is 19.8 Å². The third-order valence-electron chi connectivity index (χ3n) is 5.14. The Bertz CT molecular complexity index is 452. The zero-order valence-electron chi connectivity index (χ0n) is 14.6. The lowest BCUT2D eigenvalue weighted by Crippen LogP contribution is -2.26. The van der Waals surface area contributed by atoms with Crippen LogP contribution in [0.1, 0.15) is 75.1 Å². The van der Waals surface area contributed by atoms with Crippen molar-refractivity contribution in [1.29, 1.82) is 0 Å². The molecule has 0 aromatic heterocycles. The molecule has 1 unspecified atom stereocenters. The molecule has 0 spiro atoms. The van der Waals surface area contributed by atoms with Gasteiger partial charge in [-0.3, -0.25) is 0 Å². The molecule has 1 aromatic carbocycles. The maximum atomic E-state index is 6.45. The molecule has 1 atom stereocenters. The van der Waals surface area contributed by atoms with Crippen LogP contribution in [-0.2, 0) is 11.8 Å². The fraction of sp³-hybridized carbons (Fsp3) is 0.700. The van der Waals surface area contributed by atoms with E-state index in [1.165, 1.54) is 54.4 Å². The lowest BCUT2D eigenvalue weighted by atomic mass is 9.82. The quantitative estimate of drug-likeness (QED) is 0.824. The molecular weight excluding hydrogens is 254 g/mol. The monoisotopic (exact) mass is 287 g/mol. The van der Waals surface area contributed by atoms with Gasteiger partial charge in [0.2, 0.25) is 0 Å². The van der Waals surface area contributed by atoms with E-state index in [4.69, 9.17) is 5.73 Å². The highest BCUT2D eigenvalue weighted by atomic mass is 14.6. The van der Waals surface area contributed by atoms with E-state index in [1.807, 2.05) is 0 Å². The molecule has 0 radical (unpaired) electrons. The molecule has 0 aliphatic heterocycles. The van der Waals surface area contributed by atoms with Crippen LogP contribution in [0.4, 0.5) is 0 Å². The average Bonchev–Trinajstić information content (AvgIpc) is 2.85. The lowest BCUT2D eigenvalue weighted by Gasteiger charge is -2.24. The van der Waals surface area contributed by atoms with Gasteiger partial charge in [-0.25, -0.2) is 0 Å². The van der Waals surface area contributed by atoms with Crippen LogP contribution in [-0.4, -0.2) is 6.04 Å². The van der Waals surface area contributed by atoms with Crippen LogP contribution in [0.3, 0.4) is 0 Å². The Morgan fingerprint density at radius 2 is 1.62 bits per heavy atom. The zero-order valence-corrected chi connectivity index (χ0v) is 14.6. The van der Waals surface area contributed by atoms with E-state index in [-0.39, 0.29) is 5.41 Å². The Morgan fingerprint density at radius 1 is 1.10 bits per heavy atom. The molecule has 1 saturated carbocycles. The van der Waals surface area contributed by atoms with E-state index in [2.05, 4.69) is 46.8 Å². The van der Waals surface area contributed by atoms with Crippen LogP contribution < -0.4 is 5.73 Å². The van der Waals surface area contributed by atoms with E-state index in [1.54, 1.807) is 0 Å². The van der Waals surface area contributed by atoms with Gasteiger partial charge in [-0.15, -0.1) is 0 Å². The second-order valence-corrected chi connectivity index (χ2v) is 8.19. The molecule has 1 aliphatic rings. The van der Waals surface area contributed by atoms with Crippen molar-refractivity contribution in [3.05, 3.63) is 34.4 Å². The highest BCUT2D eigenvalue weighted by Crippen LogP contribution is 2.30. The largest absolute Gasteiger partial charge is 0.327 e. The molecule has 0 heterocycles. The van der Waals surface area contributed by atoms with Gasteiger partial charge in [0.25, 0.3) is 0 Å². The van der Waals surface area contributed by atoms with Crippen LogP contribution in [0.15, 0.2) is 12.1 Å². The number of benzene rings is 1. The second kappa shape index (κ2) is 6.52. The molecule has 0 bridgehead atoms. The summed E-state index contributed by atoms with van der Waals surface area (Å²) in [4.78, 5) is 0. The molecule has 1 fully saturated rings. The van der Waals surface area contributed by atoms with Crippen molar-refractivity contribution < 1.29 is 0 Å². The summed E-state index contributed by atoms with van der Waals surface area (Å²) < 4.78 is 0. The number of aryl methyl sites for hydroxylation is 2. The minimum absolute atomic E-state index is 0.222. The molecule has 2 N–H and O–H groups in total. The minimum atomic E-state index is 0.222. The number of hydrogen-bond acceptors (Lipinski definition) is 1. The van der Waals surface area contributed by atoms with Gasteiger partial charge >= 0.3 is 0 Å². The molecule has 2 rings (SSSR count). The summed E-state index contributed by atoms with van der Waals surface area (Å²) in [6, 6.07) is 5.06. The Balaban J connectivity index is 2.09.